The highest BCUT2D eigenvalue weighted by Gasteiger charge is 2.11. The van der Waals surface area contributed by atoms with Crippen molar-refractivity contribution in [2.45, 2.75) is 32.6 Å². The molecule has 8 nitrogen and oxygen atoms in total. The quantitative estimate of drug-likeness (QED) is 0.486. The van der Waals surface area contributed by atoms with Crippen molar-refractivity contribution >= 4 is 46.7 Å². The van der Waals surface area contributed by atoms with Crippen LogP contribution in [0.5, 0.6) is 0 Å². The summed E-state index contributed by atoms with van der Waals surface area (Å²) in [5, 5.41) is 5.73. The minimum Gasteiger partial charge on any atom is -0.462 e. The van der Waals surface area contributed by atoms with Gasteiger partial charge in [-0.1, -0.05) is 24.6 Å². The van der Waals surface area contributed by atoms with Gasteiger partial charge in [0.2, 0.25) is 5.91 Å². The zero-order valence-electron chi connectivity index (χ0n) is 17.7. The molecule has 0 heterocycles. The third kappa shape index (κ3) is 9.18. The van der Waals surface area contributed by atoms with Gasteiger partial charge < -0.3 is 20.1 Å². The third-order valence-electron chi connectivity index (χ3n) is 4.10. The smallest absolute Gasteiger partial charge is 0.338 e. The largest absolute Gasteiger partial charge is 0.462 e. The summed E-state index contributed by atoms with van der Waals surface area (Å²) in [5.41, 5.74) is 1.43. The molecule has 0 radical (unpaired) electrons. The van der Waals surface area contributed by atoms with Crippen LogP contribution in [0.3, 0.4) is 0 Å². The molecular formula is C23H25ClN2O6. The number of ether oxygens (including phenoxy) is 2. The van der Waals surface area contributed by atoms with E-state index in [4.69, 9.17) is 21.1 Å². The van der Waals surface area contributed by atoms with Gasteiger partial charge in [-0.3, -0.25) is 14.4 Å². The molecule has 0 bridgehead atoms. The fourth-order valence-electron chi connectivity index (χ4n) is 2.57. The highest BCUT2D eigenvalue weighted by Crippen LogP contribution is 2.15. The maximum atomic E-state index is 12.0. The first kappa shape index (κ1) is 24.9. The lowest BCUT2D eigenvalue weighted by atomic mass is 10.2. The number of nitrogens with one attached hydrogen (secondary N) is 2. The third-order valence-corrected chi connectivity index (χ3v) is 4.33. The van der Waals surface area contributed by atoms with Crippen LogP contribution in [0.2, 0.25) is 5.02 Å². The van der Waals surface area contributed by atoms with Crippen molar-refractivity contribution < 1.29 is 28.7 Å². The molecule has 2 rings (SSSR count). The Hall–Kier alpha value is -3.39. The lowest BCUT2D eigenvalue weighted by molar-refractivity contribution is -0.147. The summed E-state index contributed by atoms with van der Waals surface area (Å²) in [4.78, 5) is 47.4. The van der Waals surface area contributed by atoms with E-state index in [1.165, 1.54) is 0 Å². The standard InChI is InChI=1S/C23H25ClN2O6/c1-2-13-31-23(30)16-9-11-18(12-10-16)25-20(27)7-4-8-22(29)32-15-21(28)26-19-6-3-5-17(24)14-19/h3,5-6,9-12,14H,2,4,7-8,13,15H2,1H3,(H,25,27)(H,26,28). The van der Waals surface area contributed by atoms with E-state index >= 15 is 0 Å². The second kappa shape index (κ2) is 13.1. The molecule has 0 saturated heterocycles. The Morgan fingerprint density at radius 2 is 1.59 bits per heavy atom. The van der Waals surface area contributed by atoms with E-state index in [9.17, 15) is 19.2 Å². The zero-order valence-corrected chi connectivity index (χ0v) is 18.4. The first-order valence-electron chi connectivity index (χ1n) is 10.2. The van der Waals surface area contributed by atoms with Gasteiger partial charge in [0.05, 0.1) is 12.2 Å². The van der Waals surface area contributed by atoms with Gasteiger partial charge >= 0.3 is 11.9 Å². The summed E-state index contributed by atoms with van der Waals surface area (Å²) >= 11 is 5.84. The number of hydrogen-bond donors (Lipinski definition) is 2. The Labute approximate surface area is 191 Å². The van der Waals surface area contributed by atoms with Crippen LogP contribution in [0, 0.1) is 0 Å². The van der Waals surface area contributed by atoms with Crippen LogP contribution in [0.1, 0.15) is 43.0 Å². The molecule has 2 N–H and O–H groups in total. The molecule has 32 heavy (non-hydrogen) atoms. The summed E-state index contributed by atoms with van der Waals surface area (Å²) in [6.07, 6.45) is 1.11. The van der Waals surface area contributed by atoms with E-state index < -0.39 is 24.5 Å². The van der Waals surface area contributed by atoms with E-state index in [0.717, 1.165) is 6.42 Å². The van der Waals surface area contributed by atoms with E-state index in [2.05, 4.69) is 10.6 Å². The van der Waals surface area contributed by atoms with Crippen molar-refractivity contribution in [2.75, 3.05) is 23.8 Å². The second-order valence-electron chi connectivity index (χ2n) is 6.83. The number of benzene rings is 2. The lowest BCUT2D eigenvalue weighted by Crippen LogP contribution is -2.21. The number of esters is 2. The zero-order chi connectivity index (χ0) is 23.3. The Balaban J connectivity index is 1.64. The Morgan fingerprint density at radius 3 is 2.28 bits per heavy atom. The Morgan fingerprint density at radius 1 is 0.875 bits per heavy atom. The fourth-order valence-corrected chi connectivity index (χ4v) is 2.76. The topological polar surface area (TPSA) is 111 Å². The van der Waals surface area contributed by atoms with Gasteiger partial charge in [0.25, 0.3) is 5.91 Å². The van der Waals surface area contributed by atoms with Crippen LogP contribution in [0.15, 0.2) is 48.5 Å². The number of amides is 2. The van der Waals surface area contributed by atoms with Crippen molar-refractivity contribution in [3.05, 3.63) is 59.1 Å². The van der Waals surface area contributed by atoms with Crippen LogP contribution in [0.4, 0.5) is 11.4 Å². The Bertz CT molecular complexity index is 946. The second-order valence-corrected chi connectivity index (χ2v) is 7.27. The van der Waals surface area contributed by atoms with Crippen molar-refractivity contribution in [2.24, 2.45) is 0 Å². The van der Waals surface area contributed by atoms with Gasteiger partial charge in [-0.2, -0.15) is 0 Å². The number of carbonyl (C=O) groups excluding carboxylic acids is 4. The van der Waals surface area contributed by atoms with E-state index in [1.807, 2.05) is 6.92 Å². The molecule has 170 valence electrons. The van der Waals surface area contributed by atoms with E-state index in [0.29, 0.717) is 28.6 Å². The predicted octanol–water partition coefficient (Wildman–Crippen LogP) is 4.20. The number of halogens is 1. The van der Waals surface area contributed by atoms with E-state index in [-0.39, 0.29) is 25.2 Å². The molecule has 0 aliphatic carbocycles. The van der Waals surface area contributed by atoms with Gasteiger partial charge in [-0.25, -0.2) is 4.79 Å². The molecule has 0 aliphatic heterocycles. The molecule has 0 atom stereocenters. The first-order chi connectivity index (χ1) is 15.4. The van der Waals surface area contributed by atoms with Crippen LogP contribution in [-0.4, -0.2) is 37.0 Å². The highest BCUT2D eigenvalue weighted by molar-refractivity contribution is 6.30. The molecular weight excluding hydrogens is 436 g/mol. The van der Waals surface area contributed by atoms with Crippen LogP contribution in [0.25, 0.3) is 0 Å². The molecule has 0 saturated carbocycles. The highest BCUT2D eigenvalue weighted by atomic mass is 35.5. The summed E-state index contributed by atoms with van der Waals surface area (Å²) in [6.45, 7) is 1.84. The fraction of sp³-hybridized carbons (Fsp3) is 0.304. The van der Waals surface area contributed by atoms with Crippen molar-refractivity contribution in [1.29, 1.82) is 0 Å². The van der Waals surface area contributed by atoms with Crippen LogP contribution < -0.4 is 10.6 Å². The van der Waals surface area contributed by atoms with Crippen molar-refractivity contribution in [3.8, 4) is 0 Å². The number of hydrogen-bond acceptors (Lipinski definition) is 6. The number of rotatable bonds is 11. The molecule has 2 aromatic carbocycles. The minimum atomic E-state index is -0.575. The molecule has 0 aliphatic rings. The lowest BCUT2D eigenvalue weighted by Gasteiger charge is -2.08. The monoisotopic (exact) mass is 460 g/mol. The average Bonchev–Trinajstić information content (AvgIpc) is 2.76. The molecule has 9 heteroatoms. The molecule has 0 aromatic heterocycles. The van der Waals surface area contributed by atoms with Gasteiger partial charge in [0.15, 0.2) is 6.61 Å². The number of carbonyl (C=O) groups is 4. The minimum absolute atomic E-state index is 0.0000716. The normalized spacial score (nSPS) is 10.2. The van der Waals surface area contributed by atoms with Crippen molar-refractivity contribution in [3.63, 3.8) is 0 Å². The molecule has 0 fully saturated rings. The molecule has 0 spiro atoms. The van der Waals surface area contributed by atoms with Gasteiger partial charge in [0.1, 0.15) is 0 Å². The van der Waals surface area contributed by atoms with Crippen LogP contribution >= 0.6 is 11.6 Å². The Kier molecular flexibility index (Phi) is 10.2. The summed E-state index contributed by atoms with van der Waals surface area (Å²) in [6, 6.07) is 12.9. The maximum absolute atomic E-state index is 12.0. The van der Waals surface area contributed by atoms with Crippen molar-refractivity contribution in [1.82, 2.24) is 0 Å². The SMILES string of the molecule is CCCOC(=O)c1ccc(NC(=O)CCCC(=O)OCC(=O)Nc2cccc(Cl)c2)cc1. The van der Waals surface area contributed by atoms with E-state index in [1.54, 1.807) is 48.5 Å². The average molecular weight is 461 g/mol. The summed E-state index contributed by atoms with van der Waals surface area (Å²) < 4.78 is 9.95. The van der Waals surface area contributed by atoms with Crippen LogP contribution in [-0.2, 0) is 23.9 Å². The number of anilines is 2. The van der Waals surface area contributed by atoms with Gasteiger partial charge in [0, 0.05) is 29.2 Å². The molecule has 2 aromatic rings. The first-order valence-corrected chi connectivity index (χ1v) is 10.5. The summed E-state index contributed by atoms with van der Waals surface area (Å²) in [5.74, 6) is -1.75. The van der Waals surface area contributed by atoms with Gasteiger partial charge in [-0.05, 0) is 55.3 Å². The summed E-state index contributed by atoms with van der Waals surface area (Å²) in [7, 11) is 0. The molecule has 2 amide bonds. The molecule has 0 unspecified atom stereocenters. The predicted molar refractivity (Wildman–Crippen MR) is 121 cm³/mol. The maximum Gasteiger partial charge on any atom is 0.338 e. The van der Waals surface area contributed by atoms with Gasteiger partial charge in [-0.15, -0.1) is 0 Å².